The van der Waals surface area contributed by atoms with E-state index in [-0.39, 0.29) is 52.0 Å². The maximum atomic E-state index is 11.4. The van der Waals surface area contributed by atoms with Gasteiger partial charge in [0, 0.05) is 45.4 Å². The van der Waals surface area contributed by atoms with Crippen LogP contribution in [-0.4, -0.2) is 124 Å². The summed E-state index contributed by atoms with van der Waals surface area (Å²) in [5.41, 5.74) is 0. The third kappa shape index (κ3) is 16.6. The van der Waals surface area contributed by atoms with E-state index in [2.05, 4.69) is 15.0 Å². The molecule has 0 spiro atoms. The predicted molar refractivity (Wildman–Crippen MR) is 142 cm³/mol. The summed E-state index contributed by atoms with van der Waals surface area (Å²) in [4.78, 5) is 99.6. The van der Waals surface area contributed by atoms with Gasteiger partial charge in [-0.2, -0.15) is 0 Å². The van der Waals surface area contributed by atoms with Gasteiger partial charge in [0.25, 0.3) is 23.6 Å². The highest BCUT2D eigenvalue weighted by Crippen LogP contribution is 2.13. The Labute approximate surface area is 253 Å². The van der Waals surface area contributed by atoms with Crippen LogP contribution in [0.4, 0.5) is 0 Å². The van der Waals surface area contributed by atoms with Gasteiger partial charge in [-0.3, -0.25) is 28.8 Å². The average molecular weight is 634 g/mol. The minimum Gasteiger partial charge on any atom is -0.463 e. The number of rotatable bonds is 20. The van der Waals surface area contributed by atoms with Gasteiger partial charge in [-0.25, -0.2) is 9.59 Å². The third-order valence-corrected chi connectivity index (χ3v) is 5.20. The first-order chi connectivity index (χ1) is 21.1. The van der Waals surface area contributed by atoms with Crippen LogP contribution in [0.15, 0.2) is 0 Å². The van der Waals surface area contributed by atoms with Crippen LogP contribution in [0, 0.1) is 0 Å². The van der Waals surface area contributed by atoms with Gasteiger partial charge in [-0.05, 0) is 13.8 Å². The fourth-order valence-electron chi connectivity index (χ4n) is 3.15. The number of carbonyl (C=O) groups is 8. The van der Waals surface area contributed by atoms with Crippen molar-refractivity contribution in [3.8, 4) is 0 Å². The Bertz CT molecular complexity index is 893. The zero-order chi connectivity index (χ0) is 32.7. The van der Waals surface area contributed by atoms with Gasteiger partial charge in [0.1, 0.15) is 19.4 Å². The first-order valence-corrected chi connectivity index (χ1v) is 13.9. The first-order valence-electron chi connectivity index (χ1n) is 13.9. The van der Waals surface area contributed by atoms with Crippen LogP contribution in [0.3, 0.4) is 0 Å². The summed E-state index contributed by atoms with van der Waals surface area (Å²) < 4.78 is 25.1. The lowest BCUT2D eigenvalue weighted by molar-refractivity contribution is -0.198. The molecule has 2 aliphatic heterocycles. The Balaban J connectivity index is 0.000000440. The Morgan fingerprint density at radius 3 is 1.45 bits per heavy atom. The van der Waals surface area contributed by atoms with Crippen molar-refractivity contribution in [2.75, 3.05) is 66.0 Å². The monoisotopic (exact) mass is 633 g/mol. The number of hydrogen-bond acceptors (Lipinski definition) is 15. The fraction of sp³-hybridized carbons (Fsp3) is 0.692. The van der Waals surface area contributed by atoms with E-state index >= 15 is 0 Å². The molecule has 0 aromatic carbocycles. The molecule has 0 radical (unpaired) electrons. The summed E-state index contributed by atoms with van der Waals surface area (Å²) in [6.07, 6.45) is -1.24. The highest BCUT2D eigenvalue weighted by atomic mass is 16.7. The molecule has 0 atom stereocenters. The number of esters is 1. The van der Waals surface area contributed by atoms with Crippen LogP contribution in [0.1, 0.15) is 52.4 Å². The topological polar surface area (TPSA) is 220 Å². The van der Waals surface area contributed by atoms with Crippen molar-refractivity contribution in [3.05, 3.63) is 0 Å². The Morgan fingerprint density at radius 1 is 0.568 bits per heavy atom. The van der Waals surface area contributed by atoms with Crippen LogP contribution in [-0.2, 0) is 71.7 Å². The lowest BCUT2D eigenvalue weighted by Crippen LogP contribution is -2.35. The van der Waals surface area contributed by atoms with Gasteiger partial charge in [0.15, 0.2) is 0 Å². The molecule has 0 aromatic rings. The second-order valence-electron chi connectivity index (χ2n) is 8.63. The van der Waals surface area contributed by atoms with Crippen LogP contribution in [0.5, 0.6) is 0 Å². The van der Waals surface area contributed by atoms with Crippen molar-refractivity contribution in [2.45, 2.75) is 52.4 Å². The molecule has 0 unspecified atom stereocenters. The molecule has 248 valence electrons. The molecule has 0 saturated carbocycles. The van der Waals surface area contributed by atoms with E-state index in [4.69, 9.17) is 23.7 Å². The summed E-state index contributed by atoms with van der Waals surface area (Å²) in [6.45, 7) is 7.38. The van der Waals surface area contributed by atoms with E-state index in [0.717, 1.165) is 0 Å². The Morgan fingerprint density at radius 2 is 0.977 bits per heavy atom. The minimum atomic E-state index is -1.02. The first kappa shape index (κ1) is 38.0. The van der Waals surface area contributed by atoms with E-state index in [1.807, 2.05) is 13.8 Å². The van der Waals surface area contributed by atoms with Crippen LogP contribution in [0.25, 0.3) is 0 Å². The lowest BCUT2D eigenvalue weighted by Gasteiger charge is -2.12. The van der Waals surface area contributed by atoms with Crippen molar-refractivity contribution < 1.29 is 71.7 Å². The minimum absolute atomic E-state index is 0.00432. The van der Waals surface area contributed by atoms with E-state index in [1.54, 1.807) is 0 Å². The summed E-state index contributed by atoms with van der Waals surface area (Å²) in [6, 6.07) is 0. The van der Waals surface area contributed by atoms with E-state index in [0.29, 0.717) is 49.8 Å². The van der Waals surface area contributed by atoms with Crippen molar-refractivity contribution in [2.24, 2.45) is 0 Å². The number of nitrogens with one attached hydrogen (secondary N) is 1. The molecule has 2 saturated heterocycles. The maximum Gasteiger partial charge on any atom is 0.344 e. The molecule has 0 bridgehead atoms. The molecule has 1 N–H and O–H groups in total. The molecular weight excluding hydrogens is 594 g/mol. The molecule has 2 fully saturated rings. The standard InChI is InChI=1S/C13H20N2O7.C13H19NO8/c1-2-20-7-8-21-6-5-14-10(16)9-13(19)22-15-11(17)3-4-12(15)18;1-2-19-5-6-20-7-8-21-12(17)9-13(18)22-14-10(15)3-4-11(14)16/h2-9H2,1H3,(H,14,16);2-9H2,1H3. The van der Waals surface area contributed by atoms with Gasteiger partial charge in [0.05, 0.1) is 39.6 Å². The Kier molecular flexibility index (Phi) is 19.5. The summed E-state index contributed by atoms with van der Waals surface area (Å²) in [5.74, 6) is -5.74. The van der Waals surface area contributed by atoms with Gasteiger partial charge in [0.2, 0.25) is 5.91 Å². The number of imide groups is 2. The van der Waals surface area contributed by atoms with Crippen molar-refractivity contribution in [1.82, 2.24) is 15.4 Å². The summed E-state index contributed by atoms with van der Waals surface area (Å²) >= 11 is 0. The van der Waals surface area contributed by atoms with Crippen molar-refractivity contribution >= 4 is 47.4 Å². The maximum absolute atomic E-state index is 11.4. The van der Waals surface area contributed by atoms with Crippen LogP contribution < -0.4 is 5.32 Å². The van der Waals surface area contributed by atoms with Crippen LogP contribution >= 0.6 is 0 Å². The molecule has 0 aliphatic carbocycles. The highest BCUT2D eigenvalue weighted by Gasteiger charge is 2.34. The van der Waals surface area contributed by atoms with Crippen molar-refractivity contribution in [1.29, 1.82) is 0 Å². The van der Waals surface area contributed by atoms with Gasteiger partial charge in [-0.1, -0.05) is 0 Å². The third-order valence-electron chi connectivity index (χ3n) is 5.20. The molecular formula is C26H39N3O15. The number of carbonyl (C=O) groups excluding carboxylic acids is 8. The summed E-state index contributed by atoms with van der Waals surface area (Å²) in [5, 5.41) is 3.25. The van der Waals surface area contributed by atoms with Gasteiger partial charge in [-0.15, -0.1) is 10.1 Å². The fourth-order valence-corrected chi connectivity index (χ4v) is 3.15. The molecule has 18 heteroatoms. The van der Waals surface area contributed by atoms with Gasteiger partial charge >= 0.3 is 17.9 Å². The predicted octanol–water partition coefficient (Wildman–Crippen LogP) is -1.27. The lowest BCUT2D eigenvalue weighted by atomic mass is 10.4. The van der Waals surface area contributed by atoms with E-state index in [9.17, 15) is 38.4 Å². The second-order valence-corrected chi connectivity index (χ2v) is 8.63. The van der Waals surface area contributed by atoms with Crippen molar-refractivity contribution in [3.63, 3.8) is 0 Å². The zero-order valence-corrected chi connectivity index (χ0v) is 24.8. The Hall–Kier alpha value is -4.00. The molecule has 2 aliphatic rings. The molecule has 2 rings (SSSR count). The average Bonchev–Trinajstić information content (AvgIpc) is 3.46. The molecule has 44 heavy (non-hydrogen) atoms. The zero-order valence-electron chi connectivity index (χ0n) is 24.8. The molecule has 18 nitrogen and oxygen atoms in total. The van der Waals surface area contributed by atoms with Gasteiger partial charge < -0.3 is 38.7 Å². The number of nitrogens with zero attached hydrogens (tertiary/aromatic N) is 2. The summed E-state index contributed by atoms with van der Waals surface area (Å²) in [7, 11) is 0. The van der Waals surface area contributed by atoms with E-state index in [1.165, 1.54) is 0 Å². The molecule has 0 aromatic heterocycles. The molecule has 5 amide bonds. The van der Waals surface area contributed by atoms with Crippen LogP contribution in [0.2, 0.25) is 0 Å². The largest absolute Gasteiger partial charge is 0.463 e. The normalized spacial score (nSPS) is 14.3. The second kappa shape index (κ2) is 22.5. The highest BCUT2D eigenvalue weighted by molar-refractivity contribution is 6.03. The number of ether oxygens (including phenoxy) is 5. The molecule has 2 heterocycles. The smallest absolute Gasteiger partial charge is 0.344 e. The SMILES string of the molecule is CCOCCOCCNC(=O)CC(=O)ON1C(=O)CCC1=O.CCOCCOCCOC(=O)CC(=O)ON1C(=O)CCC1=O. The number of hydroxylamine groups is 4. The number of amides is 5. The quantitative estimate of drug-likeness (QED) is 0.0715. The van der Waals surface area contributed by atoms with E-state index < -0.39 is 60.3 Å². The number of hydrogen-bond donors (Lipinski definition) is 1.